The first-order chi connectivity index (χ1) is 10.0. The zero-order valence-corrected chi connectivity index (χ0v) is 11.9. The van der Waals surface area contributed by atoms with Crippen LogP contribution in [-0.4, -0.2) is 23.0 Å². The van der Waals surface area contributed by atoms with E-state index in [1.54, 1.807) is 12.1 Å². The average molecular weight is 287 g/mol. The fourth-order valence-electron chi connectivity index (χ4n) is 2.22. The Morgan fingerprint density at radius 1 is 1.05 bits per heavy atom. The fraction of sp³-hybridized carbons (Fsp3) is 0.235. The second kappa shape index (κ2) is 6.99. The van der Waals surface area contributed by atoms with E-state index in [9.17, 15) is 9.18 Å². The van der Waals surface area contributed by atoms with Gasteiger partial charge in [0.05, 0.1) is 6.42 Å². The Balaban J connectivity index is 1.95. The molecular formula is C17H18FNO2. The molecule has 3 nitrogen and oxygen atoms in total. The van der Waals surface area contributed by atoms with E-state index in [2.05, 4.69) is 0 Å². The molecule has 2 aromatic rings. The number of carbonyl (C=O) groups is 1. The smallest absolute Gasteiger partial charge is 0.307 e. The molecule has 0 atom stereocenters. The van der Waals surface area contributed by atoms with Gasteiger partial charge in [0.25, 0.3) is 0 Å². The Labute approximate surface area is 123 Å². The van der Waals surface area contributed by atoms with Crippen LogP contribution in [0.3, 0.4) is 0 Å². The number of carboxylic acids is 1. The Bertz CT molecular complexity index is 610. The summed E-state index contributed by atoms with van der Waals surface area (Å²) in [5.74, 6) is -1.03. The first kappa shape index (κ1) is 15.2. The minimum Gasteiger partial charge on any atom is -0.481 e. The summed E-state index contributed by atoms with van der Waals surface area (Å²) in [4.78, 5) is 12.6. The minimum atomic E-state index is -0.834. The fourth-order valence-corrected chi connectivity index (χ4v) is 2.22. The number of hydrogen-bond donors (Lipinski definition) is 1. The molecule has 2 aromatic carbocycles. The Morgan fingerprint density at radius 3 is 2.29 bits per heavy atom. The number of aliphatic carboxylic acids is 1. The summed E-state index contributed by atoms with van der Waals surface area (Å²) >= 11 is 0. The van der Waals surface area contributed by atoms with Gasteiger partial charge in [-0.05, 0) is 24.2 Å². The van der Waals surface area contributed by atoms with Crippen LogP contribution in [0.2, 0.25) is 0 Å². The van der Waals surface area contributed by atoms with E-state index >= 15 is 0 Å². The molecule has 2 rings (SSSR count). The first-order valence-electron chi connectivity index (χ1n) is 6.76. The molecule has 0 aliphatic heterocycles. The number of hydrogen-bond acceptors (Lipinski definition) is 2. The van der Waals surface area contributed by atoms with Gasteiger partial charge in [-0.3, -0.25) is 9.69 Å². The van der Waals surface area contributed by atoms with Gasteiger partial charge in [0.2, 0.25) is 0 Å². The van der Waals surface area contributed by atoms with Crippen molar-refractivity contribution in [3.05, 3.63) is 71.0 Å². The quantitative estimate of drug-likeness (QED) is 0.887. The van der Waals surface area contributed by atoms with Crippen LogP contribution in [0.4, 0.5) is 4.39 Å². The number of nitrogens with zero attached hydrogens (tertiary/aromatic N) is 1. The molecule has 0 fully saturated rings. The number of rotatable bonds is 6. The van der Waals surface area contributed by atoms with Crippen LogP contribution < -0.4 is 0 Å². The average Bonchev–Trinajstić information content (AvgIpc) is 2.43. The van der Waals surface area contributed by atoms with E-state index in [-0.39, 0.29) is 12.2 Å². The van der Waals surface area contributed by atoms with Gasteiger partial charge in [0, 0.05) is 18.7 Å². The molecule has 0 radical (unpaired) electrons. The van der Waals surface area contributed by atoms with Gasteiger partial charge in [-0.1, -0.05) is 42.5 Å². The summed E-state index contributed by atoms with van der Waals surface area (Å²) in [6, 6.07) is 14.2. The van der Waals surface area contributed by atoms with Crippen molar-refractivity contribution in [1.29, 1.82) is 0 Å². The third-order valence-electron chi connectivity index (χ3n) is 3.23. The molecule has 110 valence electrons. The maximum absolute atomic E-state index is 13.6. The maximum atomic E-state index is 13.6. The molecule has 0 spiro atoms. The van der Waals surface area contributed by atoms with Crippen molar-refractivity contribution in [3.8, 4) is 0 Å². The molecule has 0 saturated heterocycles. The van der Waals surface area contributed by atoms with Crippen molar-refractivity contribution in [1.82, 2.24) is 4.90 Å². The SMILES string of the molecule is CN(Cc1ccc(CC(=O)O)cc1)Cc1ccccc1F. The number of halogens is 1. The zero-order chi connectivity index (χ0) is 15.2. The normalized spacial score (nSPS) is 10.8. The van der Waals surface area contributed by atoms with Crippen molar-refractivity contribution < 1.29 is 14.3 Å². The largest absolute Gasteiger partial charge is 0.481 e. The summed E-state index contributed by atoms with van der Waals surface area (Å²) in [6.07, 6.45) is 0.0331. The van der Waals surface area contributed by atoms with Crippen molar-refractivity contribution in [3.63, 3.8) is 0 Å². The molecule has 0 heterocycles. The van der Waals surface area contributed by atoms with Crippen molar-refractivity contribution in [2.45, 2.75) is 19.5 Å². The van der Waals surface area contributed by atoms with Gasteiger partial charge < -0.3 is 5.11 Å². The third kappa shape index (κ3) is 4.68. The predicted octanol–water partition coefficient (Wildman–Crippen LogP) is 3.08. The van der Waals surface area contributed by atoms with E-state index in [1.165, 1.54) is 6.07 Å². The highest BCUT2D eigenvalue weighted by Gasteiger charge is 2.06. The molecular weight excluding hydrogens is 269 g/mol. The van der Waals surface area contributed by atoms with Gasteiger partial charge >= 0.3 is 5.97 Å². The Kier molecular flexibility index (Phi) is 5.06. The third-order valence-corrected chi connectivity index (χ3v) is 3.23. The standard InChI is InChI=1S/C17H18FNO2/c1-19(12-15-4-2-3-5-16(15)18)11-14-8-6-13(7-9-14)10-17(20)21/h2-9H,10-12H2,1H3,(H,20,21). The summed E-state index contributed by atoms with van der Waals surface area (Å²) in [7, 11) is 1.93. The molecule has 21 heavy (non-hydrogen) atoms. The van der Waals surface area contributed by atoms with Gasteiger partial charge in [-0.15, -0.1) is 0 Å². The summed E-state index contributed by atoms with van der Waals surface area (Å²) in [6.45, 7) is 1.21. The van der Waals surface area contributed by atoms with E-state index in [0.717, 1.165) is 11.1 Å². The predicted molar refractivity (Wildman–Crippen MR) is 79.4 cm³/mol. The topological polar surface area (TPSA) is 40.5 Å². The Hall–Kier alpha value is -2.20. The lowest BCUT2D eigenvalue weighted by molar-refractivity contribution is -0.136. The van der Waals surface area contributed by atoms with E-state index in [4.69, 9.17) is 5.11 Å². The van der Waals surface area contributed by atoms with Crippen LogP contribution in [-0.2, 0) is 24.3 Å². The van der Waals surface area contributed by atoms with Crippen molar-refractivity contribution >= 4 is 5.97 Å². The van der Waals surface area contributed by atoms with Gasteiger partial charge in [0.1, 0.15) is 5.82 Å². The van der Waals surface area contributed by atoms with Crippen LogP contribution in [0.5, 0.6) is 0 Å². The van der Waals surface area contributed by atoms with Crippen LogP contribution in [0.15, 0.2) is 48.5 Å². The van der Waals surface area contributed by atoms with Crippen LogP contribution >= 0.6 is 0 Å². The lowest BCUT2D eigenvalue weighted by atomic mass is 10.1. The van der Waals surface area contributed by atoms with Crippen LogP contribution in [0.1, 0.15) is 16.7 Å². The molecule has 0 saturated carbocycles. The summed E-state index contributed by atoms with van der Waals surface area (Å²) < 4.78 is 13.6. The first-order valence-corrected chi connectivity index (χ1v) is 6.76. The van der Waals surface area contributed by atoms with E-state index in [0.29, 0.717) is 18.7 Å². The highest BCUT2D eigenvalue weighted by atomic mass is 19.1. The molecule has 0 aromatic heterocycles. The zero-order valence-electron chi connectivity index (χ0n) is 11.9. The molecule has 1 N–H and O–H groups in total. The second-order valence-corrected chi connectivity index (χ2v) is 5.15. The van der Waals surface area contributed by atoms with E-state index < -0.39 is 5.97 Å². The Morgan fingerprint density at radius 2 is 1.67 bits per heavy atom. The minimum absolute atomic E-state index is 0.0331. The van der Waals surface area contributed by atoms with Gasteiger partial charge in [0.15, 0.2) is 0 Å². The van der Waals surface area contributed by atoms with Gasteiger partial charge in [-0.2, -0.15) is 0 Å². The molecule has 0 amide bonds. The second-order valence-electron chi connectivity index (χ2n) is 5.15. The van der Waals surface area contributed by atoms with Crippen LogP contribution in [0.25, 0.3) is 0 Å². The number of carboxylic acid groups (broad SMARTS) is 1. The molecule has 4 heteroatoms. The maximum Gasteiger partial charge on any atom is 0.307 e. The molecule has 0 aliphatic rings. The van der Waals surface area contributed by atoms with Crippen LogP contribution in [0, 0.1) is 5.82 Å². The highest BCUT2D eigenvalue weighted by molar-refractivity contribution is 5.70. The monoisotopic (exact) mass is 287 g/mol. The molecule has 0 aliphatic carbocycles. The van der Waals surface area contributed by atoms with Crippen molar-refractivity contribution in [2.24, 2.45) is 0 Å². The lowest BCUT2D eigenvalue weighted by Gasteiger charge is -2.17. The van der Waals surface area contributed by atoms with E-state index in [1.807, 2.05) is 42.3 Å². The summed E-state index contributed by atoms with van der Waals surface area (Å²) in [5.41, 5.74) is 2.52. The lowest BCUT2D eigenvalue weighted by Crippen LogP contribution is -2.18. The van der Waals surface area contributed by atoms with Gasteiger partial charge in [-0.25, -0.2) is 4.39 Å². The molecule has 0 bridgehead atoms. The summed E-state index contributed by atoms with van der Waals surface area (Å²) in [5, 5.41) is 8.73. The molecule has 0 unspecified atom stereocenters. The highest BCUT2D eigenvalue weighted by Crippen LogP contribution is 2.12. The number of benzene rings is 2. The van der Waals surface area contributed by atoms with Crippen molar-refractivity contribution in [2.75, 3.05) is 7.05 Å².